The number of hydrogen-bond donors (Lipinski definition) is 0. The molecule has 2 aromatic carbocycles. The van der Waals surface area contributed by atoms with Crippen LogP contribution < -0.4 is 4.74 Å². The molecule has 0 saturated heterocycles. The monoisotopic (exact) mass is 355 g/mol. The van der Waals surface area contributed by atoms with Gasteiger partial charge in [0.2, 0.25) is 0 Å². The van der Waals surface area contributed by atoms with E-state index in [1.807, 2.05) is 0 Å². The summed E-state index contributed by atoms with van der Waals surface area (Å²) in [5.74, 6) is 0.374. The number of rotatable bonds is 4. The Hall–Kier alpha value is -1.92. The predicted octanol–water partition coefficient (Wildman–Crippen LogP) is 4.62. The highest BCUT2D eigenvalue weighted by Crippen LogP contribution is 2.34. The topological polar surface area (TPSA) is 69.4 Å². The molecule has 0 bridgehead atoms. The lowest BCUT2D eigenvalue weighted by Crippen LogP contribution is -1.93. The smallest absolute Gasteiger partial charge is 0.273 e. The maximum Gasteiger partial charge on any atom is 0.273 e. The van der Waals surface area contributed by atoms with Crippen molar-refractivity contribution in [3.63, 3.8) is 0 Å². The third-order valence-corrected chi connectivity index (χ3v) is 3.25. The minimum Gasteiger partial charge on any atom is -0.455 e. The van der Waals surface area contributed by atoms with Gasteiger partial charge in [-0.25, -0.2) is 0 Å². The van der Waals surface area contributed by atoms with E-state index in [1.54, 1.807) is 18.2 Å². The minimum atomic E-state index is -0.551. The first-order valence-corrected chi connectivity index (χ1v) is 6.55. The molecule has 0 saturated carbocycles. The Morgan fingerprint density at radius 3 is 2.60 bits per heavy atom. The second-order valence-electron chi connectivity index (χ2n) is 3.77. The molecule has 2 rings (SSSR count). The summed E-state index contributed by atoms with van der Waals surface area (Å²) in [6, 6.07) is 8.68. The van der Waals surface area contributed by atoms with E-state index >= 15 is 0 Å². The highest BCUT2D eigenvalue weighted by atomic mass is 79.9. The summed E-state index contributed by atoms with van der Waals surface area (Å²) in [7, 11) is 0. The molecule has 0 fully saturated rings. The van der Waals surface area contributed by atoms with Gasteiger partial charge in [-0.05, 0) is 24.3 Å². The lowest BCUT2D eigenvalue weighted by Gasteiger charge is -2.09. The number of nitro benzene ring substituents is 1. The van der Waals surface area contributed by atoms with Gasteiger partial charge in [-0.1, -0.05) is 27.5 Å². The van der Waals surface area contributed by atoms with Crippen LogP contribution in [0.25, 0.3) is 0 Å². The Balaban J connectivity index is 2.44. The fourth-order valence-corrected chi connectivity index (χ4v) is 1.99. The third kappa shape index (κ3) is 3.15. The molecule has 0 unspecified atom stereocenters. The van der Waals surface area contributed by atoms with Crippen molar-refractivity contribution in [2.24, 2.45) is 0 Å². The lowest BCUT2D eigenvalue weighted by molar-refractivity contribution is -0.384. The molecular formula is C13H7BrClNO4. The van der Waals surface area contributed by atoms with Gasteiger partial charge >= 0.3 is 0 Å². The van der Waals surface area contributed by atoms with E-state index in [-0.39, 0.29) is 22.2 Å². The molecule has 0 aliphatic heterocycles. The number of benzene rings is 2. The van der Waals surface area contributed by atoms with E-state index in [4.69, 9.17) is 16.3 Å². The van der Waals surface area contributed by atoms with Crippen LogP contribution in [-0.4, -0.2) is 11.2 Å². The second-order valence-corrected chi connectivity index (χ2v) is 5.10. The number of nitro groups is 1. The summed E-state index contributed by atoms with van der Waals surface area (Å²) in [5.41, 5.74) is 0.169. The Labute approximate surface area is 127 Å². The van der Waals surface area contributed by atoms with E-state index in [9.17, 15) is 14.9 Å². The van der Waals surface area contributed by atoms with Crippen molar-refractivity contribution in [2.75, 3.05) is 0 Å². The molecular weight excluding hydrogens is 350 g/mol. The summed E-state index contributed by atoms with van der Waals surface area (Å²) in [6.07, 6.45) is 0.632. The molecule has 0 aromatic heterocycles. The number of aldehydes is 1. The van der Waals surface area contributed by atoms with Gasteiger partial charge in [-0.15, -0.1) is 0 Å². The van der Waals surface area contributed by atoms with Crippen LogP contribution in [0.5, 0.6) is 11.5 Å². The zero-order chi connectivity index (χ0) is 14.7. The molecule has 0 aliphatic rings. The van der Waals surface area contributed by atoms with Gasteiger partial charge in [-0.3, -0.25) is 14.9 Å². The van der Waals surface area contributed by atoms with E-state index in [2.05, 4.69) is 15.9 Å². The van der Waals surface area contributed by atoms with E-state index in [0.29, 0.717) is 16.3 Å². The molecule has 0 atom stereocenters. The summed E-state index contributed by atoms with van der Waals surface area (Å²) in [5, 5.41) is 11.0. The van der Waals surface area contributed by atoms with Crippen LogP contribution in [0.3, 0.4) is 0 Å². The third-order valence-electron chi connectivity index (χ3n) is 2.45. The molecule has 102 valence electrons. The normalized spacial score (nSPS) is 10.1. The number of non-ortho nitro benzene ring substituents is 1. The molecule has 0 radical (unpaired) electrons. The largest absolute Gasteiger partial charge is 0.455 e. The molecule has 2 aromatic rings. The maximum absolute atomic E-state index is 11.0. The van der Waals surface area contributed by atoms with Crippen LogP contribution in [0, 0.1) is 10.1 Å². The number of ether oxygens (including phenoxy) is 1. The fourth-order valence-electron chi connectivity index (χ4n) is 1.50. The summed E-state index contributed by atoms with van der Waals surface area (Å²) in [4.78, 5) is 21.1. The average molecular weight is 357 g/mol. The van der Waals surface area contributed by atoms with Crippen LogP contribution >= 0.6 is 27.5 Å². The first kappa shape index (κ1) is 14.5. The van der Waals surface area contributed by atoms with E-state index in [0.717, 1.165) is 0 Å². The summed E-state index contributed by atoms with van der Waals surface area (Å²) in [6.45, 7) is 0. The molecule has 0 spiro atoms. The Bertz CT molecular complexity index is 690. The Kier molecular flexibility index (Phi) is 4.36. The Morgan fingerprint density at radius 1 is 1.20 bits per heavy atom. The second kappa shape index (κ2) is 6.02. The number of halogens is 2. The van der Waals surface area contributed by atoms with Crippen LogP contribution in [-0.2, 0) is 0 Å². The van der Waals surface area contributed by atoms with Gasteiger partial charge in [0, 0.05) is 10.5 Å². The predicted molar refractivity (Wildman–Crippen MR) is 77.7 cm³/mol. The van der Waals surface area contributed by atoms with Gasteiger partial charge in [-0.2, -0.15) is 0 Å². The summed E-state index contributed by atoms with van der Waals surface area (Å²) < 4.78 is 6.21. The van der Waals surface area contributed by atoms with Gasteiger partial charge in [0.1, 0.15) is 5.75 Å². The standard InChI is InChI=1S/C13H7BrClNO4/c14-9-2-1-8(7-17)12(5-9)20-13-6-10(16(18)19)3-4-11(13)15/h1-7H. The first-order chi connectivity index (χ1) is 9.51. The first-order valence-electron chi connectivity index (χ1n) is 5.38. The molecule has 0 amide bonds. The Morgan fingerprint density at radius 2 is 1.95 bits per heavy atom. The number of carbonyl (C=O) groups is 1. The SMILES string of the molecule is O=Cc1ccc(Br)cc1Oc1cc([N+](=O)[O-])ccc1Cl. The average Bonchev–Trinajstić information content (AvgIpc) is 2.41. The number of hydrogen-bond acceptors (Lipinski definition) is 4. The minimum absolute atomic E-state index is 0.113. The number of nitrogens with zero attached hydrogens (tertiary/aromatic N) is 1. The van der Waals surface area contributed by atoms with Crippen molar-refractivity contribution in [3.8, 4) is 11.5 Å². The van der Waals surface area contributed by atoms with Crippen LogP contribution in [0.2, 0.25) is 5.02 Å². The molecule has 0 aliphatic carbocycles. The van der Waals surface area contributed by atoms with Gasteiger partial charge in [0.25, 0.3) is 5.69 Å². The maximum atomic E-state index is 11.0. The quantitative estimate of drug-likeness (QED) is 0.455. The zero-order valence-corrected chi connectivity index (χ0v) is 12.2. The van der Waals surface area contributed by atoms with Crippen LogP contribution in [0.4, 0.5) is 5.69 Å². The zero-order valence-electron chi connectivity index (χ0n) is 9.88. The van der Waals surface area contributed by atoms with Gasteiger partial charge in [0.15, 0.2) is 12.0 Å². The van der Waals surface area contributed by atoms with Crippen molar-refractivity contribution in [3.05, 3.63) is 61.6 Å². The van der Waals surface area contributed by atoms with Crippen molar-refractivity contribution in [1.82, 2.24) is 0 Å². The molecule has 7 heteroatoms. The molecule has 0 heterocycles. The van der Waals surface area contributed by atoms with Gasteiger partial charge < -0.3 is 4.74 Å². The molecule has 20 heavy (non-hydrogen) atoms. The van der Waals surface area contributed by atoms with E-state index in [1.165, 1.54) is 18.2 Å². The fraction of sp³-hybridized carbons (Fsp3) is 0. The van der Waals surface area contributed by atoms with Crippen LogP contribution in [0.15, 0.2) is 40.9 Å². The van der Waals surface area contributed by atoms with Crippen molar-refractivity contribution >= 4 is 39.5 Å². The number of carbonyl (C=O) groups excluding carboxylic acids is 1. The molecule has 0 N–H and O–H groups in total. The van der Waals surface area contributed by atoms with Crippen molar-refractivity contribution < 1.29 is 14.5 Å². The van der Waals surface area contributed by atoms with Crippen molar-refractivity contribution in [1.29, 1.82) is 0 Å². The summed E-state index contributed by atoms with van der Waals surface area (Å²) >= 11 is 9.20. The highest BCUT2D eigenvalue weighted by molar-refractivity contribution is 9.10. The van der Waals surface area contributed by atoms with Crippen molar-refractivity contribution in [2.45, 2.75) is 0 Å². The van der Waals surface area contributed by atoms with E-state index < -0.39 is 4.92 Å². The van der Waals surface area contributed by atoms with Crippen LogP contribution in [0.1, 0.15) is 10.4 Å². The van der Waals surface area contributed by atoms with Gasteiger partial charge in [0.05, 0.1) is 21.6 Å². The molecule has 5 nitrogen and oxygen atoms in total. The lowest BCUT2D eigenvalue weighted by atomic mass is 10.2. The highest BCUT2D eigenvalue weighted by Gasteiger charge is 2.13.